The van der Waals surface area contributed by atoms with Crippen LogP contribution in [-0.4, -0.2) is 65.5 Å². The number of benzene rings is 1. The van der Waals surface area contributed by atoms with Gasteiger partial charge in [-0.3, -0.25) is 19.1 Å². The first-order chi connectivity index (χ1) is 22.0. The van der Waals surface area contributed by atoms with Gasteiger partial charge in [-0.15, -0.1) is 0 Å². The number of carbonyl (C=O) groups excluding carboxylic acids is 3. The highest BCUT2D eigenvalue weighted by Crippen LogP contribution is 2.45. The summed E-state index contributed by atoms with van der Waals surface area (Å²) in [5, 5.41) is 11.3. The van der Waals surface area contributed by atoms with Crippen molar-refractivity contribution in [3.8, 4) is 23.0 Å². The van der Waals surface area contributed by atoms with Crippen LogP contribution in [0.15, 0.2) is 47.3 Å². The quantitative estimate of drug-likeness (QED) is 0.208. The van der Waals surface area contributed by atoms with Crippen LogP contribution < -0.4 is 10.6 Å². The van der Waals surface area contributed by atoms with E-state index in [9.17, 15) is 14.4 Å². The molecule has 4 aromatic rings. The van der Waals surface area contributed by atoms with Gasteiger partial charge in [0.1, 0.15) is 34.9 Å². The van der Waals surface area contributed by atoms with Crippen LogP contribution in [0.1, 0.15) is 55.0 Å². The lowest BCUT2D eigenvalue weighted by Crippen LogP contribution is -2.50. The zero-order valence-corrected chi connectivity index (χ0v) is 27.6. The van der Waals surface area contributed by atoms with Gasteiger partial charge in [0.25, 0.3) is 5.91 Å². The van der Waals surface area contributed by atoms with E-state index in [2.05, 4.69) is 53.4 Å². The van der Waals surface area contributed by atoms with Crippen LogP contribution >= 0.6 is 15.9 Å². The standard InChI is InChI=1S/C34H33BrN8O3/c1-18-5-10-28(35)39-31(18)40-32(45)26-14-34(4)12-11-27(34)43(26)29(44)17-42-25-9-8-22(23-15-36-20(3)37-16-23)13-24(25)30(41-42)33(46)38-19(2)21-6-7-21/h5,8-10,13,15-16,19,21,26-27H,6-7,14,17H2,1-4H3,(H,38,46)(H,39,40,45)/t19?,26-,27+,34+/m0/s1. The van der Waals surface area contributed by atoms with E-state index >= 15 is 0 Å². The molecule has 3 aromatic heterocycles. The van der Waals surface area contributed by atoms with Gasteiger partial charge < -0.3 is 15.5 Å². The Labute approximate surface area is 274 Å². The minimum Gasteiger partial charge on any atom is -0.348 e. The minimum atomic E-state index is -0.762. The topological polar surface area (TPSA) is 135 Å². The number of anilines is 1. The Morgan fingerprint density at radius 1 is 1.11 bits per heavy atom. The number of carbonyl (C=O) groups is 3. The maximum Gasteiger partial charge on any atom is 0.272 e. The molecule has 1 unspecified atom stereocenters. The van der Waals surface area contributed by atoms with Gasteiger partial charge in [0, 0.05) is 29.4 Å². The average Bonchev–Trinajstić information content (AvgIpc) is 3.78. The maximum atomic E-state index is 14.1. The number of likely N-dealkylation sites (tertiary alicyclic amines) is 1. The molecule has 0 radical (unpaired) electrons. The summed E-state index contributed by atoms with van der Waals surface area (Å²) in [4.78, 5) is 56.0. The lowest BCUT2D eigenvalue weighted by Gasteiger charge is -2.34. The van der Waals surface area contributed by atoms with E-state index in [0.29, 0.717) is 39.5 Å². The van der Waals surface area contributed by atoms with Crippen molar-refractivity contribution >= 4 is 50.4 Å². The normalized spacial score (nSPS) is 22.0. The molecule has 234 valence electrons. The van der Waals surface area contributed by atoms with E-state index in [1.165, 1.54) is 0 Å². The minimum absolute atomic E-state index is 0.0186. The number of aryl methyl sites for hydroxylation is 2. The zero-order valence-electron chi connectivity index (χ0n) is 26.0. The van der Waals surface area contributed by atoms with Crippen LogP contribution in [0.2, 0.25) is 0 Å². The SMILES string of the molecule is Cc1ncc(-c2ccc3c(c2)c(C(=O)NC(C)C2CC2)nn3CC(=O)N2[C@H](C(=O)Nc3nc(Br)ccc3C)C[C@@]3(C)C#C[C@@H]23)cn1. The molecular weight excluding hydrogens is 648 g/mol. The summed E-state index contributed by atoms with van der Waals surface area (Å²) in [7, 11) is 0. The summed E-state index contributed by atoms with van der Waals surface area (Å²) in [6, 6.07) is 8.17. The van der Waals surface area contributed by atoms with Crippen molar-refractivity contribution in [1.82, 2.24) is 34.9 Å². The maximum absolute atomic E-state index is 14.1. The number of aromatic nitrogens is 5. The third-order valence-corrected chi connectivity index (χ3v) is 9.72. The van der Waals surface area contributed by atoms with E-state index in [0.717, 1.165) is 29.5 Å². The molecule has 0 bridgehead atoms. The molecule has 4 atom stereocenters. The fourth-order valence-corrected chi connectivity index (χ4v) is 6.67. The van der Waals surface area contributed by atoms with Crippen LogP contribution in [0.5, 0.6) is 0 Å². The molecule has 2 aliphatic carbocycles. The first-order valence-electron chi connectivity index (χ1n) is 15.4. The lowest BCUT2D eigenvalue weighted by atomic mass is 9.76. The number of nitrogens with one attached hydrogen (secondary N) is 2. The molecule has 2 N–H and O–H groups in total. The van der Waals surface area contributed by atoms with Gasteiger partial charge in [-0.2, -0.15) is 5.10 Å². The van der Waals surface area contributed by atoms with Crippen LogP contribution in [0.4, 0.5) is 5.82 Å². The smallest absolute Gasteiger partial charge is 0.272 e. The van der Waals surface area contributed by atoms with E-state index in [1.54, 1.807) is 28.0 Å². The summed E-state index contributed by atoms with van der Waals surface area (Å²) in [5.41, 5.74) is 2.82. The van der Waals surface area contributed by atoms with E-state index < -0.39 is 17.5 Å². The highest BCUT2D eigenvalue weighted by molar-refractivity contribution is 9.10. The second-order valence-corrected chi connectivity index (χ2v) is 13.6. The third kappa shape index (κ3) is 5.42. The fraction of sp³-hybridized carbons (Fsp3) is 0.382. The van der Waals surface area contributed by atoms with E-state index in [-0.39, 0.29) is 36.0 Å². The zero-order chi connectivity index (χ0) is 32.3. The van der Waals surface area contributed by atoms with Crippen molar-refractivity contribution in [2.45, 2.75) is 71.6 Å². The molecule has 7 rings (SSSR count). The van der Waals surface area contributed by atoms with Crippen LogP contribution in [0.25, 0.3) is 22.0 Å². The number of rotatable bonds is 8. The number of hydrogen-bond acceptors (Lipinski definition) is 7. The van der Waals surface area contributed by atoms with Crippen LogP contribution in [0.3, 0.4) is 0 Å². The molecule has 1 saturated carbocycles. The predicted molar refractivity (Wildman–Crippen MR) is 175 cm³/mol. The molecule has 3 aliphatic rings. The molecular formula is C34H33BrN8O3. The molecule has 1 aromatic carbocycles. The van der Waals surface area contributed by atoms with Gasteiger partial charge in [0.05, 0.1) is 10.9 Å². The van der Waals surface area contributed by atoms with E-state index in [4.69, 9.17) is 5.10 Å². The molecule has 46 heavy (non-hydrogen) atoms. The Morgan fingerprint density at radius 3 is 2.57 bits per heavy atom. The Bertz CT molecular complexity index is 1980. The number of fused-ring (bicyclic) bond motifs is 2. The molecule has 3 amide bonds. The molecule has 2 fully saturated rings. The summed E-state index contributed by atoms with van der Waals surface area (Å²) in [5.74, 6) is 6.92. The number of pyridine rings is 1. The largest absolute Gasteiger partial charge is 0.348 e. The lowest BCUT2D eigenvalue weighted by molar-refractivity contribution is -0.138. The predicted octanol–water partition coefficient (Wildman–Crippen LogP) is 4.43. The summed E-state index contributed by atoms with van der Waals surface area (Å²) in [6.07, 6.45) is 6.07. The second-order valence-electron chi connectivity index (χ2n) is 12.8. The Kier molecular flexibility index (Phi) is 7.39. The third-order valence-electron chi connectivity index (χ3n) is 9.28. The van der Waals surface area contributed by atoms with Crippen molar-refractivity contribution < 1.29 is 14.4 Å². The van der Waals surface area contributed by atoms with Crippen LogP contribution in [-0.2, 0) is 16.1 Å². The second kappa shape index (κ2) is 11.3. The Morgan fingerprint density at radius 2 is 1.87 bits per heavy atom. The number of hydrogen-bond donors (Lipinski definition) is 2. The first-order valence-corrected chi connectivity index (χ1v) is 16.2. The van der Waals surface area contributed by atoms with Gasteiger partial charge in [-0.05, 0) is 98.1 Å². The highest BCUT2D eigenvalue weighted by atomic mass is 79.9. The molecule has 4 heterocycles. The highest BCUT2D eigenvalue weighted by Gasteiger charge is 2.56. The average molecular weight is 682 g/mol. The van der Waals surface area contributed by atoms with Crippen molar-refractivity contribution in [3.63, 3.8) is 0 Å². The Balaban J connectivity index is 1.21. The molecule has 0 spiro atoms. The van der Waals surface area contributed by atoms with E-state index in [1.807, 2.05) is 52.0 Å². The molecule has 12 heteroatoms. The fourth-order valence-electron chi connectivity index (χ4n) is 6.36. The van der Waals surface area contributed by atoms with Gasteiger partial charge in [-0.1, -0.05) is 24.0 Å². The van der Waals surface area contributed by atoms with Gasteiger partial charge >= 0.3 is 0 Å². The van der Waals surface area contributed by atoms with Crippen molar-refractivity contribution in [2.24, 2.45) is 11.3 Å². The molecule has 1 aliphatic heterocycles. The van der Waals surface area contributed by atoms with Crippen molar-refractivity contribution in [3.05, 3.63) is 64.4 Å². The van der Waals surface area contributed by atoms with Gasteiger partial charge in [-0.25, -0.2) is 15.0 Å². The van der Waals surface area contributed by atoms with Crippen molar-refractivity contribution in [1.29, 1.82) is 0 Å². The monoisotopic (exact) mass is 680 g/mol. The first kappa shape index (κ1) is 30.0. The summed E-state index contributed by atoms with van der Waals surface area (Å²) < 4.78 is 2.15. The van der Waals surface area contributed by atoms with Gasteiger partial charge in [0.15, 0.2) is 5.69 Å². The molecule has 11 nitrogen and oxygen atoms in total. The number of amides is 3. The Hall–Kier alpha value is -4.63. The summed E-state index contributed by atoms with van der Waals surface area (Å²) in [6.45, 7) is 7.50. The number of halogens is 1. The van der Waals surface area contributed by atoms with Crippen LogP contribution in [0, 0.1) is 37.0 Å². The molecule has 1 saturated heterocycles. The van der Waals surface area contributed by atoms with Crippen molar-refractivity contribution in [2.75, 3.05) is 5.32 Å². The van der Waals surface area contributed by atoms with Gasteiger partial charge in [0.2, 0.25) is 11.8 Å². The summed E-state index contributed by atoms with van der Waals surface area (Å²) >= 11 is 3.36. The number of nitrogens with zero attached hydrogens (tertiary/aromatic N) is 6.